The number of anilines is 1. The number of hydrogen-bond donors (Lipinski definition) is 2. The summed E-state index contributed by atoms with van der Waals surface area (Å²) < 4.78 is 0. The van der Waals surface area contributed by atoms with Gasteiger partial charge in [0.15, 0.2) is 0 Å². The van der Waals surface area contributed by atoms with Crippen LogP contribution in [0.1, 0.15) is 96.0 Å². The van der Waals surface area contributed by atoms with E-state index in [1.165, 1.54) is 51.4 Å². The molecule has 0 aliphatic carbocycles. The Morgan fingerprint density at radius 3 is 2.33 bits per heavy atom. The zero-order valence-corrected chi connectivity index (χ0v) is 17.4. The summed E-state index contributed by atoms with van der Waals surface area (Å²) >= 11 is 0. The molecule has 0 aliphatic heterocycles. The molecule has 0 saturated heterocycles. The highest BCUT2D eigenvalue weighted by atomic mass is 16.4. The number of benzene rings is 1. The summed E-state index contributed by atoms with van der Waals surface area (Å²) in [6.45, 7) is 5.09. The lowest BCUT2D eigenvalue weighted by Gasteiger charge is -2.12. The van der Waals surface area contributed by atoms with Crippen molar-refractivity contribution < 1.29 is 9.90 Å². The van der Waals surface area contributed by atoms with Crippen molar-refractivity contribution in [2.75, 3.05) is 11.9 Å². The summed E-state index contributed by atoms with van der Waals surface area (Å²) in [6, 6.07) is 7.82. The average molecular weight is 374 g/mol. The first kappa shape index (κ1) is 23.3. The number of hydrogen-bond acceptors (Lipinski definition) is 2. The van der Waals surface area contributed by atoms with Crippen molar-refractivity contribution in [3.8, 4) is 0 Å². The molecule has 152 valence electrons. The van der Waals surface area contributed by atoms with Crippen LogP contribution in [0.3, 0.4) is 0 Å². The topological polar surface area (TPSA) is 49.3 Å². The first-order valence-electron chi connectivity index (χ1n) is 10.9. The van der Waals surface area contributed by atoms with Gasteiger partial charge in [0.05, 0.1) is 5.92 Å². The first-order chi connectivity index (χ1) is 13.2. The maximum absolute atomic E-state index is 11.3. The van der Waals surface area contributed by atoms with Crippen molar-refractivity contribution in [3.05, 3.63) is 42.0 Å². The Kier molecular flexibility index (Phi) is 13.2. The van der Waals surface area contributed by atoms with E-state index in [0.29, 0.717) is 6.42 Å². The standard InChI is InChI=1S/C24H39NO2/c1-3-5-6-7-8-9-10-11-12-13-14-15-19-25-22-18-16-17-21(20-22)23(4-2)24(26)27/h12-13,16-18,20,23,25H,3-11,14-15,19H2,1-2H3,(H,26,27)/b13-12+. The highest BCUT2D eigenvalue weighted by Crippen LogP contribution is 2.22. The Hall–Kier alpha value is -1.77. The Balaban J connectivity index is 2.12. The molecule has 1 aromatic carbocycles. The van der Waals surface area contributed by atoms with Gasteiger partial charge in [-0.15, -0.1) is 0 Å². The summed E-state index contributed by atoms with van der Waals surface area (Å²) in [5.41, 5.74) is 1.89. The molecule has 1 atom stereocenters. The molecule has 0 amide bonds. The van der Waals surface area contributed by atoms with E-state index in [9.17, 15) is 9.90 Å². The van der Waals surface area contributed by atoms with Crippen LogP contribution in [0.15, 0.2) is 36.4 Å². The van der Waals surface area contributed by atoms with E-state index < -0.39 is 11.9 Å². The van der Waals surface area contributed by atoms with Gasteiger partial charge in [0.25, 0.3) is 0 Å². The molecule has 3 heteroatoms. The molecule has 0 radical (unpaired) electrons. The van der Waals surface area contributed by atoms with Gasteiger partial charge in [-0.25, -0.2) is 0 Å². The predicted octanol–water partition coefficient (Wildman–Crippen LogP) is 7.15. The average Bonchev–Trinajstić information content (AvgIpc) is 2.66. The Bertz CT molecular complexity index is 539. The molecule has 1 unspecified atom stereocenters. The van der Waals surface area contributed by atoms with Crippen molar-refractivity contribution in [2.24, 2.45) is 0 Å². The molecular formula is C24H39NO2. The van der Waals surface area contributed by atoms with Crippen LogP contribution >= 0.6 is 0 Å². The first-order valence-corrected chi connectivity index (χ1v) is 10.9. The van der Waals surface area contributed by atoms with Crippen LogP contribution in [0.25, 0.3) is 0 Å². The van der Waals surface area contributed by atoms with E-state index >= 15 is 0 Å². The third kappa shape index (κ3) is 10.8. The van der Waals surface area contributed by atoms with Crippen molar-refractivity contribution in [3.63, 3.8) is 0 Å². The number of rotatable bonds is 16. The van der Waals surface area contributed by atoms with Gasteiger partial charge in [0, 0.05) is 12.2 Å². The van der Waals surface area contributed by atoms with Gasteiger partial charge in [-0.05, 0) is 49.8 Å². The zero-order valence-electron chi connectivity index (χ0n) is 17.4. The van der Waals surface area contributed by atoms with Crippen LogP contribution in [0.4, 0.5) is 5.69 Å². The van der Waals surface area contributed by atoms with Crippen LogP contribution in [0.5, 0.6) is 0 Å². The molecule has 27 heavy (non-hydrogen) atoms. The number of aliphatic carboxylic acids is 1. The highest BCUT2D eigenvalue weighted by molar-refractivity contribution is 5.76. The van der Waals surface area contributed by atoms with Crippen LogP contribution in [-0.4, -0.2) is 17.6 Å². The molecule has 0 aromatic heterocycles. The maximum Gasteiger partial charge on any atom is 0.310 e. The smallest absolute Gasteiger partial charge is 0.310 e. The largest absolute Gasteiger partial charge is 0.481 e. The number of carboxylic acids is 1. The second-order valence-corrected chi connectivity index (χ2v) is 7.37. The van der Waals surface area contributed by atoms with Gasteiger partial charge in [0.2, 0.25) is 0 Å². The van der Waals surface area contributed by atoms with Gasteiger partial charge in [-0.1, -0.05) is 76.7 Å². The lowest BCUT2D eigenvalue weighted by Crippen LogP contribution is -2.11. The van der Waals surface area contributed by atoms with Gasteiger partial charge in [-0.2, -0.15) is 0 Å². The minimum absolute atomic E-state index is 0.415. The van der Waals surface area contributed by atoms with E-state index in [1.807, 2.05) is 31.2 Å². The normalized spacial score (nSPS) is 12.4. The molecule has 3 nitrogen and oxygen atoms in total. The third-order valence-electron chi connectivity index (χ3n) is 5.01. The maximum atomic E-state index is 11.3. The zero-order chi connectivity index (χ0) is 19.7. The van der Waals surface area contributed by atoms with E-state index in [4.69, 9.17) is 0 Å². The van der Waals surface area contributed by atoms with E-state index in [0.717, 1.165) is 30.6 Å². The second-order valence-electron chi connectivity index (χ2n) is 7.37. The Morgan fingerprint density at radius 1 is 1.00 bits per heavy atom. The number of allylic oxidation sites excluding steroid dienone is 2. The van der Waals surface area contributed by atoms with Crippen molar-refractivity contribution in [1.29, 1.82) is 0 Å². The van der Waals surface area contributed by atoms with Gasteiger partial charge in [-0.3, -0.25) is 4.79 Å². The molecule has 0 heterocycles. The summed E-state index contributed by atoms with van der Waals surface area (Å²) in [5.74, 6) is -1.16. The van der Waals surface area contributed by atoms with E-state index in [1.54, 1.807) is 0 Å². The quantitative estimate of drug-likeness (QED) is 0.239. The minimum atomic E-state index is -0.749. The number of carboxylic acid groups (broad SMARTS) is 1. The van der Waals surface area contributed by atoms with E-state index in [2.05, 4.69) is 24.4 Å². The Morgan fingerprint density at radius 2 is 1.67 bits per heavy atom. The monoisotopic (exact) mass is 373 g/mol. The second kappa shape index (κ2) is 15.3. The molecule has 0 fully saturated rings. The lowest BCUT2D eigenvalue weighted by atomic mass is 9.96. The van der Waals surface area contributed by atoms with Crippen LogP contribution in [0.2, 0.25) is 0 Å². The van der Waals surface area contributed by atoms with Crippen molar-refractivity contribution in [1.82, 2.24) is 0 Å². The fourth-order valence-corrected chi connectivity index (χ4v) is 3.33. The molecule has 1 aromatic rings. The molecular weight excluding hydrogens is 334 g/mol. The van der Waals surface area contributed by atoms with Gasteiger partial charge < -0.3 is 10.4 Å². The van der Waals surface area contributed by atoms with Gasteiger partial charge >= 0.3 is 5.97 Å². The van der Waals surface area contributed by atoms with Crippen LogP contribution in [0, 0.1) is 0 Å². The Labute approximate surface area is 166 Å². The number of nitrogens with one attached hydrogen (secondary N) is 1. The van der Waals surface area contributed by atoms with Crippen LogP contribution < -0.4 is 5.32 Å². The summed E-state index contributed by atoms with van der Waals surface area (Å²) in [5, 5.41) is 12.7. The minimum Gasteiger partial charge on any atom is -0.481 e. The van der Waals surface area contributed by atoms with E-state index in [-0.39, 0.29) is 0 Å². The molecule has 0 bridgehead atoms. The molecule has 0 aliphatic rings. The van der Waals surface area contributed by atoms with Crippen molar-refractivity contribution in [2.45, 2.75) is 90.4 Å². The fourth-order valence-electron chi connectivity index (χ4n) is 3.33. The molecule has 2 N–H and O–H groups in total. The summed E-state index contributed by atoms with van der Waals surface area (Å²) in [4.78, 5) is 11.3. The number of unbranched alkanes of at least 4 members (excludes halogenated alkanes) is 8. The molecule has 0 spiro atoms. The van der Waals surface area contributed by atoms with Crippen molar-refractivity contribution >= 4 is 11.7 Å². The highest BCUT2D eigenvalue weighted by Gasteiger charge is 2.17. The fraction of sp³-hybridized carbons (Fsp3) is 0.625. The number of carbonyl (C=O) groups is 1. The van der Waals surface area contributed by atoms with Gasteiger partial charge in [0.1, 0.15) is 0 Å². The summed E-state index contributed by atoms with van der Waals surface area (Å²) in [6.07, 6.45) is 18.2. The molecule has 1 rings (SSSR count). The SMILES string of the molecule is CCCCCCCCC/C=C/CCCNc1cccc(C(CC)C(=O)O)c1. The molecule has 0 saturated carbocycles. The third-order valence-corrected chi connectivity index (χ3v) is 5.01. The lowest BCUT2D eigenvalue weighted by molar-refractivity contribution is -0.138. The van der Waals surface area contributed by atoms with Crippen LogP contribution in [-0.2, 0) is 4.79 Å². The predicted molar refractivity (Wildman–Crippen MR) is 117 cm³/mol. The summed E-state index contributed by atoms with van der Waals surface area (Å²) in [7, 11) is 0.